The number of alkyl halides is 2. The van der Waals surface area contributed by atoms with E-state index < -0.39 is 27.3 Å². The molecule has 0 bridgehead atoms. The van der Waals surface area contributed by atoms with Crippen LogP contribution in [0.4, 0.5) is 8.78 Å². The summed E-state index contributed by atoms with van der Waals surface area (Å²) in [5.74, 6) is 6.77. The summed E-state index contributed by atoms with van der Waals surface area (Å²) in [5, 5.41) is 9.93. The molecule has 0 aromatic carbocycles. The number of aliphatic hydroxyl groups is 1. The van der Waals surface area contributed by atoms with Gasteiger partial charge in [-0.25, -0.2) is 8.78 Å². The summed E-state index contributed by atoms with van der Waals surface area (Å²) in [4.78, 5) is 0. The van der Waals surface area contributed by atoms with Gasteiger partial charge in [-0.3, -0.25) is 0 Å². The molecule has 5 atom stereocenters. The van der Waals surface area contributed by atoms with Crippen LogP contribution in [-0.2, 0) is 4.43 Å². The van der Waals surface area contributed by atoms with Gasteiger partial charge in [-0.1, -0.05) is 52.9 Å². The number of hydrogen-bond acceptors (Lipinski definition) is 2. The summed E-state index contributed by atoms with van der Waals surface area (Å²) in [7, 11) is -1.81. The fourth-order valence-corrected chi connectivity index (χ4v) is 6.80. The van der Waals surface area contributed by atoms with Gasteiger partial charge in [0.05, 0.1) is 0 Å². The number of rotatable bonds is 6. The van der Waals surface area contributed by atoms with E-state index in [1.165, 1.54) is 19.3 Å². The second-order valence-electron chi connectivity index (χ2n) is 11.4. The third kappa shape index (κ3) is 5.25. The fourth-order valence-electron chi connectivity index (χ4n) is 5.41. The minimum absolute atomic E-state index is 0.214. The van der Waals surface area contributed by atoms with Gasteiger partial charge < -0.3 is 9.53 Å². The predicted molar refractivity (Wildman–Crippen MR) is 119 cm³/mol. The maximum Gasteiger partial charge on any atom is 0.192 e. The molecule has 1 N–H and O–H groups in total. The molecule has 2 aliphatic carbocycles. The molecule has 0 heterocycles. The molecule has 0 aromatic heterocycles. The van der Waals surface area contributed by atoms with Crippen molar-refractivity contribution in [3.63, 3.8) is 0 Å². The van der Waals surface area contributed by atoms with Crippen molar-refractivity contribution in [1.29, 1.82) is 0 Å². The summed E-state index contributed by atoms with van der Waals surface area (Å²) in [6.07, 6.45) is 6.85. The van der Waals surface area contributed by atoms with E-state index in [-0.39, 0.29) is 10.5 Å². The highest BCUT2D eigenvalue weighted by atomic mass is 28.4. The van der Waals surface area contributed by atoms with Crippen LogP contribution >= 0.6 is 0 Å². The number of fused-ring (bicyclic) bond motifs is 1. The van der Waals surface area contributed by atoms with E-state index in [9.17, 15) is 13.9 Å². The summed E-state index contributed by atoms with van der Waals surface area (Å²) in [6.45, 7) is 13.9. The third-order valence-electron chi connectivity index (χ3n) is 8.26. The molecule has 0 spiro atoms. The van der Waals surface area contributed by atoms with Gasteiger partial charge in [0.2, 0.25) is 0 Å². The van der Waals surface area contributed by atoms with E-state index in [0.717, 1.165) is 12.8 Å². The predicted octanol–water partition coefficient (Wildman–Crippen LogP) is 6.29. The van der Waals surface area contributed by atoms with Crippen molar-refractivity contribution in [3.05, 3.63) is 0 Å². The molecule has 29 heavy (non-hydrogen) atoms. The zero-order valence-corrected chi connectivity index (χ0v) is 20.6. The largest absolute Gasteiger partial charge is 0.414 e. The van der Waals surface area contributed by atoms with Crippen LogP contribution in [0.5, 0.6) is 0 Å². The average molecular weight is 429 g/mol. The summed E-state index contributed by atoms with van der Waals surface area (Å²) < 4.78 is 32.5. The van der Waals surface area contributed by atoms with Crippen LogP contribution in [0, 0.1) is 35.0 Å². The van der Waals surface area contributed by atoms with Crippen LogP contribution in [-0.4, -0.2) is 38.5 Å². The van der Waals surface area contributed by atoms with E-state index in [0.29, 0.717) is 30.3 Å². The SMILES string of the molecule is C[C@H](CC#CC(O)(CF)CF)[C@H]1CC[C@H]2[C@@H](O[Si](C)(C)C(C)(C)C)CCC[C@]12C. The first-order chi connectivity index (χ1) is 13.3. The molecular formula is C24H42F2O2Si. The third-order valence-corrected chi connectivity index (χ3v) is 12.8. The highest BCUT2D eigenvalue weighted by Crippen LogP contribution is 2.59. The average Bonchev–Trinajstić information content (AvgIpc) is 2.98. The van der Waals surface area contributed by atoms with Crippen LogP contribution in [0.1, 0.15) is 73.1 Å². The molecular weight excluding hydrogens is 386 g/mol. The lowest BCUT2D eigenvalue weighted by Gasteiger charge is -2.49. The second-order valence-corrected chi connectivity index (χ2v) is 16.1. The topological polar surface area (TPSA) is 29.5 Å². The van der Waals surface area contributed by atoms with Gasteiger partial charge in [0.25, 0.3) is 0 Å². The normalized spacial score (nSPS) is 31.7. The smallest absolute Gasteiger partial charge is 0.192 e. The van der Waals surface area contributed by atoms with Gasteiger partial charge in [0, 0.05) is 12.5 Å². The number of hydrogen-bond donors (Lipinski definition) is 1. The van der Waals surface area contributed by atoms with Gasteiger partial charge >= 0.3 is 0 Å². The molecule has 0 aliphatic heterocycles. The van der Waals surface area contributed by atoms with Gasteiger partial charge in [-0.05, 0) is 67.0 Å². The summed E-state index contributed by atoms with van der Waals surface area (Å²) in [6, 6.07) is 0. The molecule has 168 valence electrons. The van der Waals surface area contributed by atoms with Crippen molar-refractivity contribution in [2.24, 2.45) is 23.2 Å². The van der Waals surface area contributed by atoms with Gasteiger partial charge in [-0.15, -0.1) is 0 Å². The van der Waals surface area contributed by atoms with E-state index in [4.69, 9.17) is 4.43 Å². The van der Waals surface area contributed by atoms with Crippen molar-refractivity contribution < 1.29 is 18.3 Å². The monoisotopic (exact) mass is 428 g/mol. The molecule has 2 nitrogen and oxygen atoms in total. The molecule has 5 heteroatoms. The van der Waals surface area contributed by atoms with Gasteiger partial charge in [0.15, 0.2) is 13.9 Å². The Hall–Kier alpha value is -0.443. The van der Waals surface area contributed by atoms with Crippen molar-refractivity contribution in [2.75, 3.05) is 13.3 Å². The van der Waals surface area contributed by atoms with Gasteiger partial charge in [-0.2, -0.15) is 0 Å². The van der Waals surface area contributed by atoms with Crippen molar-refractivity contribution >= 4 is 8.32 Å². The van der Waals surface area contributed by atoms with Crippen LogP contribution in [0.25, 0.3) is 0 Å². The Balaban J connectivity index is 2.11. The van der Waals surface area contributed by atoms with Crippen molar-refractivity contribution in [3.8, 4) is 11.8 Å². The zero-order valence-electron chi connectivity index (χ0n) is 19.6. The minimum atomic E-state index is -2.13. The quantitative estimate of drug-likeness (QED) is 0.398. The van der Waals surface area contributed by atoms with E-state index >= 15 is 0 Å². The maximum atomic E-state index is 12.8. The second kappa shape index (κ2) is 8.97. The van der Waals surface area contributed by atoms with Crippen LogP contribution < -0.4 is 0 Å². The van der Waals surface area contributed by atoms with Crippen molar-refractivity contribution in [2.45, 2.75) is 103 Å². The minimum Gasteiger partial charge on any atom is -0.414 e. The highest BCUT2D eigenvalue weighted by molar-refractivity contribution is 6.74. The molecule has 0 saturated heterocycles. The summed E-state index contributed by atoms with van der Waals surface area (Å²) in [5.41, 5.74) is -1.89. The first-order valence-corrected chi connectivity index (χ1v) is 14.2. The van der Waals surface area contributed by atoms with Gasteiger partial charge in [0.1, 0.15) is 13.3 Å². The Morgan fingerprint density at radius 3 is 2.34 bits per heavy atom. The van der Waals surface area contributed by atoms with Crippen molar-refractivity contribution in [1.82, 2.24) is 0 Å². The lowest BCUT2D eigenvalue weighted by atomic mass is 9.61. The van der Waals surface area contributed by atoms with E-state index in [1.807, 2.05) is 0 Å². The molecule has 0 radical (unpaired) electrons. The Morgan fingerprint density at radius 1 is 1.17 bits per heavy atom. The number of halogens is 2. The first-order valence-electron chi connectivity index (χ1n) is 11.3. The summed E-state index contributed by atoms with van der Waals surface area (Å²) >= 11 is 0. The Morgan fingerprint density at radius 2 is 1.79 bits per heavy atom. The Labute approximate surface area is 178 Å². The molecule has 0 amide bonds. The van der Waals surface area contributed by atoms with Crippen LogP contribution in [0.3, 0.4) is 0 Å². The molecule has 2 saturated carbocycles. The molecule has 2 fully saturated rings. The Bertz CT molecular complexity index is 615. The lowest BCUT2D eigenvalue weighted by Crippen LogP contribution is -2.50. The highest BCUT2D eigenvalue weighted by Gasteiger charge is 2.54. The first kappa shape index (κ1) is 24.8. The zero-order chi connectivity index (χ0) is 22.1. The molecule has 0 unspecified atom stereocenters. The van der Waals surface area contributed by atoms with E-state index in [1.54, 1.807) is 0 Å². The Kier molecular flexibility index (Phi) is 7.67. The van der Waals surface area contributed by atoms with E-state index in [2.05, 4.69) is 59.6 Å². The standard InChI is InChI=1S/C24H42F2O2Si/c1-18(10-8-15-24(27,16-25)17-26)19-12-13-20-21(11-9-14-23(19,20)5)28-29(6,7)22(2,3)4/h18-21,27H,9-14,16-17H2,1-7H3/t18-,19-,20+,21+,23-/m1/s1. The lowest BCUT2D eigenvalue weighted by molar-refractivity contribution is -0.0198. The maximum absolute atomic E-state index is 12.8. The molecule has 2 aliphatic rings. The molecule has 2 rings (SSSR count). The van der Waals surface area contributed by atoms with Crippen LogP contribution in [0.15, 0.2) is 0 Å². The molecule has 0 aromatic rings. The fraction of sp³-hybridized carbons (Fsp3) is 0.917. The van der Waals surface area contributed by atoms with Crippen LogP contribution in [0.2, 0.25) is 18.1 Å².